The molecule has 1 rings (SSSR count). The first-order valence-corrected chi connectivity index (χ1v) is 5.11. The van der Waals surface area contributed by atoms with E-state index in [2.05, 4.69) is 0 Å². The second-order valence-corrected chi connectivity index (χ2v) is 3.74. The Bertz CT molecular complexity index is 427. The van der Waals surface area contributed by atoms with Gasteiger partial charge in [-0.3, -0.25) is 4.79 Å². The Morgan fingerprint density at radius 3 is 1.89 bits per heavy atom. The molecule has 0 unspecified atom stereocenters. The van der Waals surface area contributed by atoms with E-state index in [9.17, 15) is 18.0 Å². The molecule has 3 nitrogen and oxygen atoms in total. The number of ether oxygens (including phenoxy) is 2. The lowest BCUT2D eigenvalue weighted by atomic mass is 10.0. The molecule has 6 heteroatoms. The molecule has 0 radical (unpaired) electrons. The lowest BCUT2D eigenvalue weighted by Crippen LogP contribution is -2.09. The summed E-state index contributed by atoms with van der Waals surface area (Å²) >= 11 is 0. The highest BCUT2D eigenvalue weighted by Crippen LogP contribution is 2.38. The van der Waals surface area contributed by atoms with E-state index >= 15 is 0 Å². The lowest BCUT2D eigenvalue weighted by Gasteiger charge is -2.16. The van der Waals surface area contributed by atoms with Crippen LogP contribution in [0.1, 0.15) is 18.1 Å². The number of Topliss-reactive ketones (excluding diaryl/α,β-unsaturated/α-hetero) is 1. The van der Waals surface area contributed by atoms with Crippen LogP contribution in [0.4, 0.5) is 13.2 Å². The Labute approximate surface area is 103 Å². The van der Waals surface area contributed by atoms with Gasteiger partial charge in [0.05, 0.1) is 19.8 Å². The maximum atomic E-state index is 12.6. The largest absolute Gasteiger partial charge is 0.496 e. The van der Waals surface area contributed by atoms with Crippen molar-refractivity contribution >= 4 is 5.78 Å². The van der Waals surface area contributed by atoms with Crippen LogP contribution in [0, 0.1) is 0 Å². The van der Waals surface area contributed by atoms with Crippen LogP contribution in [0.5, 0.6) is 11.5 Å². The average molecular weight is 262 g/mol. The predicted octanol–water partition coefficient (Wildman–Crippen LogP) is 2.85. The van der Waals surface area contributed by atoms with Crippen molar-refractivity contribution in [3.05, 3.63) is 23.3 Å². The molecule has 0 aliphatic heterocycles. The number of carbonyl (C=O) groups excluding carboxylic acids is 1. The van der Waals surface area contributed by atoms with Gasteiger partial charge < -0.3 is 9.47 Å². The summed E-state index contributed by atoms with van der Waals surface area (Å²) in [5.74, 6) is -0.194. The Kier molecular flexibility index (Phi) is 4.21. The molecule has 1 aromatic carbocycles. The number of halogens is 3. The summed E-state index contributed by atoms with van der Waals surface area (Å²) in [6.07, 6.45) is -4.53. The van der Waals surface area contributed by atoms with Gasteiger partial charge in [-0.1, -0.05) is 0 Å². The molecule has 100 valence electrons. The van der Waals surface area contributed by atoms with Crippen LogP contribution in [0.3, 0.4) is 0 Å². The third kappa shape index (κ3) is 3.15. The van der Waals surface area contributed by atoms with Gasteiger partial charge in [0.25, 0.3) is 0 Å². The second-order valence-electron chi connectivity index (χ2n) is 3.74. The molecule has 18 heavy (non-hydrogen) atoms. The van der Waals surface area contributed by atoms with Gasteiger partial charge in [0.1, 0.15) is 17.3 Å². The molecule has 0 aromatic heterocycles. The van der Waals surface area contributed by atoms with Gasteiger partial charge in [-0.25, -0.2) is 0 Å². The van der Waals surface area contributed by atoms with Crippen LogP contribution in [0.25, 0.3) is 0 Å². The normalized spacial score (nSPS) is 11.2. The Morgan fingerprint density at radius 2 is 1.61 bits per heavy atom. The fourth-order valence-electron chi connectivity index (χ4n) is 1.57. The van der Waals surface area contributed by atoms with Crippen molar-refractivity contribution < 1.29 is 27.4 Å². The van der Waals surface area contributed by atoms with Crippen LogP contribution in [-0.4, -0.2) is 20.0 Å². The fraction of sp³-hybridized carbons (Fsp3) is 0.417. The first-order chi connectivity index (χ1) is 8.29. The van der Waals surface area contributed by atoms with Crippen molar-refractivity contribution in [1.29, 1.82) is 0 Å². The molecule has 0 bridgehead atoms. The minimum absolute atomic E-state index is 0.00289. The zero-order chi connectivity index (χ0) is 13.9. The monoisotopic (exact) mass is 262 g/mol. The van der Waals surface area contributed by atoms with Crippen molar-refractivity contribution in [2.75, 3.05) is 14.2 Å². The Balaban J connectivity index is 3.38. The van der Waals surface area contributed by atoms with E-state index in [4.69, 9.17) is 9.47 Å². The minimum atomic E-state index is -4.49. The molecule has 0 saturated heterocycles. The van der Waals surface area contributed by atoms with E-state index in [0.717, 1.165) is 12.1 Å². The topological polar surface area (TPSA) is 35.5 Å². The van der Waals surface area contributed by atoms with Crippen LogP contribution < -0.4 is 9.47 Å². The highest BCUT2D eigenvalue weighted by Gasteiger charge is 2.33. The van der Waals surface area contributed by atoms with E-state index in [1.807, 2.05) is 0 Å². The second kappa shape index (κ2) is 5.29. The maximum absolute atomic E-state index is 12.6. The van der Waals surface area contributed by atoms with Gasteiger partial charge in [-0.05, 0) is 19.1 Å². The number of rotatable bonds is 4. The molecule has 1 aromatic rings. The molecule has 0 saturated carbocycles. The standard InChI is InChI=1S/C12H13F3O3/c1-7(16)4-9-10(17-2)5-8(12(13,14)15)6-11(9)18-3/h5-6H,4H2,1-3H3. The maximum Gasteiger partial charge on any atom is 0.416 e. The van der Waals surface area contributed by atoms with Gasteiger partial charge in [0.2, 0.25) is 0 Å². The summed E-state index contributed by atoms with van der Waals surface area (Å²) in [6.45, 7) is 1.34. The first-order valence-electron chi connectivity index (χ1n) is 5.11. The summed E-state index contributed by atoms with van der Waals surface area (Å²) in [5.41, 5.74) is -0.552. The smallest absolute Gasteiger partial charge is 0.416 e. The van der Waals surface area contributed by atoms with E-state index < -0.39 is 11.7 Å². The molecule has 0 N–H and O–H groups in total. The highest BCUT2D eigenvalue weighted by molar-refractivity contribution is 5.80. The molecule has 0 atom stereocenters. The van der Waals surface area contributed by atoms with Crippen molar-refractivity contribution in [3.8, 4) is 11.5 Å². The average Bonchev–Trinajstić information content (AvgIpc) is 2.26. The first kappa shape index (κ1) is 14.3. The van der Waals surface area contributed by atoms with Gasteiger partial charge in [-0.15, -0.1) is 0 Å². The van der Waals surface area contributed by atoms with Gasteiger partial charge in [0.15, 0.2) is 0 Å². The van der Waals surface area contributed by atoms with Gasteiger partial charge >= 0.3 is 6.18 Å². The number of ketones is 1. The third-order valence-electron chi connectivity index (χ3n) is 2.36. The molecule has 0 fully saturated rings. The molecule has 0 aliphatic rings. The number of benzene rings is 1. The summed E-state index contributed by atoms with van der Waals surface area (Å²) in [7, 11) is 2.50. The third-order valence-corrected chi connectivity index (χ3v) is 2.36. The Morgan fingerprint density at radius 1 is 1.17 bits per heavy atom. The Hall–Kier alpha value is -1.72. The number of methoxy groups -OCH3 is 2. The summed E-state index contributed by atoms with van der Waals surface area (Å²) in [5, 5.41) is 0. The van der Waals surface area contributed by atoms with Crippen molar-refractivity contribution in [1.82, 2.24) is 0 Å². The van der Waals surface area contributed by atoms with Crippen LogP contribution in [-0.2, 0) is 17.4 Å². The summed E-state index contributed by atoms with van der Waals surface area (Å²) in [6, 6.07) is 1.72. The molecule has 0 heterocycles. The van der Waals surface area contributed by atoms with Crippen LogP contribution in [0.15, 0.2) is 12.1 Å². The van der Waals surface area contributed by atoms with Crippen molar-refractivity contribution in [2.45, 2.75) is 19.5 Å². The fourth-order valence-corrected chi connectivity index (χ4v) is 1.57. The molecular weight excluding hydrogens is 249 g/mol. The number of hydrogen-bond acceptors (Lipinski definition) is 3. The minimum Gasteiger partial charge on any atom is -0.496 e. The number of carbonyl (C=O) groups is 1. The zero-order valence-corrected chi connectivity index (χ0v) is 10.2. The van der Waals surface area contributed by atoms with Crippen LogP contribution in [0.2, 0.25) is 0 Å². The quantitative estimate of drug-likeness (QED) is 0.837. The number of alkyl halides is 3. The van der Waals surface area contributed by atoms with Crippen LogP contribution >= 0.6 is 0 Å². The van der Waals surface area contributed by atoms with E-state index in [1.54, 1.807) is 0 Å². The zero-order valence-electron chi connectivity index (χ0n) is 10.2. The molecule has 0 aliphatic carbocycles. The molecule has 0 spiro atoms. The van der Waals surface area contributed by atoms with E-state index in [-0.39, 0.29) is 23.7 Å². The predicted molar refractivity (Wildman–Crippen MR) is 58.9 cm³/mol. The SMILES string of the molecule is COc1cc(C(F)(F)F)cc(OC)c1CC(C)=O. The van der Waals surface area contributed by atoms with Crippen molar-refractivity contribution in [2.24, 2.45) is 0 Å². The number of hydrogen-bond donors (Lipinski definition) is 0. The van der Waals surface area contributed by atoms with E-state index in [0.29, 0.717) is 5.56 Å². The molecule has 0 amide bonds. The summed E-state index contributed by atoms with van der Waals surface area (Å²) < 4.78 is 47.7. The highest BCUT2D eigenvalue weighted by atomic mass is 19.4. The van der Waals surface area contributed by atoms with E-state index in [1.165, 1.54) is 21.1 Å². The molecular formula is C12H13F3O3. The summed E-state index contributed by atoms with van der Waals surface area (Å²) in [4.78, 5) is 11.1. The van der Waals surface area contributed by atoms with Gasteiger partial charge in [0, 0.05) is 12.0 Å². The van der Waals surface area contributed by atoms with Crippen molar-refractivity contribution in [3.63, 3.8) is 0 Å². The lowest BCUT2D eigenvalue weighted by molar-refractivity contribution is -0.137. The van der Waals surface area contributed by atoms with Gasteiger partial charge in [-0.2, -0.15) is 13.2 Å².